The topological polar surface area (TPSA) is 168 Å². The van der Waals surface area contributed by atoms with E-state index in [1.54, 1.807) is 0 Å². The number of aromatic nitrogens is 2. The summed E-state index contributed by atoms with van der Waals surface area (Å²) in [6, 6.07) is 12.3. The molecule has 11 nitrogen and oxygen atoms in total. The summed E-state index contributed by atoms with van der Waals surface area (Å²) >= 11 is 5.97. The van der Waals surface area contributed by atoms with Gasteiger partial charge in [-0.05, 0) is 53.4 Å². The van der Waals surface area contributed by atoms with Crippen LogP contribution >= 0.6 is 11.6 Å². The first-order valence-electron chi connectivity index (χ1n) is 8.52. The van der Waals surface area contributed by atoms with Gasteiger partial charge in [-0.3, -0.25) is 14.7 Å². The van der Waals surface area contributed by atoms with Crippen molar-refractivity contribution in [2.45, 2.75) is 9.79 Å². The fraction of sp³-hybridized carbons (Fsp3) is 0. The Morgan fingerprint density at radius 1 is 1.10 bits per heavy atom. The van der Waals surface area contributed by atoms with E-state index in [0.29, 0.717) is 11.4 Å². The Morgan fingerprint density at radius 2 is 1.68 bits per heavy atom. The molecule has 3 N–H and O–H groups in total. The van der Waals surface area contributed by atoms with E-state index in [1.165, 1.54) is 48.5 Å². The Labute approximate surface area is 179 Å². The zero-order valence-electron chi connectivity index (χ0n) is 15.4. The van der Waals surface area contributed by atoms with E-state index in [4.69, 9.17) is 17.3 Å². The third-order valence-corrected chi connectivity index (χ3v) is 6.49. The number of hydrogen-bond acceptors (Lipinski definition) is 9. The molecule has 0 saturated carbocycles. The summed E-state index contributed by atoms with van der Waals surface area (Å²) in [5.41, 5.74) is 5.42. The molecule has 0 unspecified atom stereocenters. The van der Waals surface area contributed by atoms with Crippen LogP contribution < -0.4 is 16.0 Å². The summed E-state index contributed by atoms with van der Waals surface area (Å²) in [4.78, 5) is 10.9. The monoisotopic (exact) mass is 461 g/mol. The minimum atomic E-state index is -3.79. The first kappa shape index (κ1) is 20.4. The number of benzene rings is 3. The first-order chi connectivity index (χ1) is 14.7. The summed E-state index contributed by atoms with van der Waals surface area (Å²) in [6.45, 7) is 0. The van der Waals surface area contributed by atoms with Gasteiger partial charge in [0.2, 0.25) is 15.4 Å². The molecule has 0 spiro atoms. The molecule has 0 bridgehead atoms. The molecule has 1 heterocycles. The predicted octanol–water partition coefficient (Wildman–Crippen LogP) is 3.18. The molecule has 158 valence electrons. The molecule has 0 radical (unpaired) electrons. The molecular formula is C18H12ClN5O6S. The number of nitrogens with two attached hydrogens (primary N) is 1. The Bertz CT molecular complexity index is 1420. The number of nitrogens with zero attached hydrogens (tertiary/aromatic N) is 3. The average molecular weight is 462 g/mol. The summed E-state index contributed by atoms with van der Waals surface area (Å²) in [7, 11) is -3.79. The summed E-state index contributed by atoms with van der Waals surface area (Å²) in [6.07, 6.45) is 0. The smallest absolute Gasteiger partial charge is 0.316 e. The summed E-state index contributed by atoms with van der Waals surface area (Å²) in [5, 5.41) is 29.2. The van der Waals surface area contributed by atoms with Gasteiger partial charge in [-0.15, -0.1) is 0 Å². The number of nitrogens with one attached hydrogen (secondary N) is 1. The fourth-order valence-corrected chi connectivity index (χ4v) is 4.44. The molecule has 0 aliphatic rings. The maximum Gasteiger partial charge on any atom is 0.316 e. The van der Waals surface area contributed by atoms with E-state index < -0.39 is 20.4 Å². The Kier molecular flexibility index (Phi) is 4.87. The van der Waals surface area contributed by atoms with Crippen molar-refractivity contribution >= 4 is 55.2 Å². The highest BCUT2D eigenvalue weighted by Gasteiger charge is 2.29. The van der Waals surface area contributed by atoms with E-state index >= 15 is 0 Å². The van der Waals surface area contributed by atoms with Gasteiger partial charge >= 0.3 is 5.69 Å². The van der Waals surface area contributed by atoms with Crippen molar-refractivity contribution in [3.05, 3.63) is 74.9 Å². The predicted molar refractivity (Wildman–Crippen MR) is 111 cm³/mol. The van der Waals surface area contributed by atoms with Gasteiger partial charge in [0.15, 0.2) is 5.69 Å². The molecule has 1 aromatic heterocycles. The Hall–Kier alpha value is -3.90. The molecule has 31 heavy (non-hydrogen) atoms. The number of nitrogen functional groups attached to an aromatic ring is 1. The van der Waals surface area contributed by atoms with Crippen LogP contribution in [-0.4, -0.2) is 18.5 Å². The van der Waals surface area contributed by atoms with E-state index in [-0.39, 0.29) is 36.4 Å². The number of nitro groups is 1. The van der Waals surface area contributed by atoms with E-state index in [9.17, 15) is 23.7 Å². The molecule has 0 aliphatic heterocycles. The second-order valence-corrected chi connectivity index (χ2v) is 8.72. The van der Waals surface area contributed by atoms with Gasteiger partial charge in [-0.2, -0.15) is 0 Å². The van der Waals surface area contributed by atoms with Crippen LogP contribution in [0.5, 0.6) is 0 Å². The summed E-state index contributed by atoms with van der Waals surface area (Å²) < 4.78 is 30.0. The normalized spacial score (nSPS) is 11.5. The lowest BCUT2D eigenvalue weighted by Crippen LogP contribution is -2.22. The van der Waals surface area contributed by atoms with Crippen LogP contribution in [0.4, 0.5) is 22.7 Å². The molecule has 0 saturated heterocycles. The number of nitro benzene ring substituents is 1. The Morgan fingerprint density at radius 3 is 2.26 bits per heavy atom. The van der Waals surface area contributed by atoms with Gasteiger partial charge in [0, 0.05) is 22.6 Å². The average Bonchev–Trinajstić information content (AvgIpc) is 3.09. The van der Waals surface area contributed by atoms with Crippen molar-refractivity contribution in [2.24, 2.45) is 0 Å². The van der Waals surface area contributed by atoms with Crippen LogP contribution in [0.1, 0.15) is 0 Å². The zero-order valence-corrected chi connectivity index (χ0v) is 16.9. The standard InChI is InChI=1S/C18H12ClN5O6S/c19-14-9-15-16(22-30-24(15)27)17(18(14)23(25)26)21-11-3-7-13(8-4-11)31(28,29)12-5-1-10(20)2-6-12/h1-9,21H,20H2. The van der Waals surface area contributed by atoms with Crippen molar-refractivity contribution in [3.63, 3.8) is 0 Å². The molecule has 13 heteroatoms. The number of sulfone groups is 1. The molecule has 4 aromatic rings. The number of halogens is 1. The van der Waals surface area contributed by atoms with Crippen LogP contribution in [0.2, 0.25) is 5.02 Å². The lowest BCUT2D eigenvalue weighted by atomic mass is 10.2. The molecule has 0 aliphatic carbocycles. The van der Waals surface area contributed by atoms with Crippen molar-refractivity contribution in [1.82, 2.24) is 5.16 Å². The van der Waals surface area contributed by atoms with Gasteiger partial charge in [0.25, 0.3) is 5.52 Å². The highest BCUT2D eigenvalue weighted by molar-refractivity contribution is 7.91. The number of anilines is 3. The largest absolute Gasteiger partial charge is 0.399 e. The molecule has 0 atom stereocenters. The lowest BCUT2D eigenvalue weighted by molar-refractivity contribution is -0.782. The first-order valence-corrected chi connectivity index (χ1v) is 10.4. The van der Waals surface area contributed by atoms with Gasteiger partial charge in [-0.1, -0.05) is 11.6 Å². The van der Waals surface area contributed by atoms with Crippen LogP contribution in [0.15, 0.2) is 69.0 Å². The quantitative estimate of drug-likeness (QED) is 0.196. The number of hydrogen-bond donors (Lipinski definition) is 2. The van der Waals surface area contributed by atoms with Gasteiger partial charge in [-0.25, -0.2) is 8.42 Å². The van der Waals surface area contributed by atoms with Crippen LogP contribution in [0.3, 0.4) is 0 Å². The van der Waals surface area contributed by atoms with Crippen LogP contribution in [0.25, 0.3) is 11.0 Å². The fourth-order valence-electron chi connectivity index (χ4n) is 2.91. The third kappa shape index (κ3) is 3.58. The number of rotatable bonds is 5. The molecule has 3 aromatic carbocycles. The highest BCUT2D eigenvalue weighted by Crippen LogP contribution is 2.39. The molecule has 0 fully saturated rings. The third-order valence-electron chi connectivity index (χ3n) is 4.42. The maximum absolute atomic E-state index is 12.8. The van der Waals surface area contributed by atoms with E-state index in [1.807, 2.05) is 0 Å². The number of fused-ring (bicyclic) bond motifs is 1. The van der Waals surface area contributed by atoms with Gasteiger partial charge in [0.05, 0.1) is 14.7 Å². The molecular weight excluding hydrogens is 450 g/mol. The van der Waals surface area contributed by atoms with Gasteiger partial charge < -0.3 is 16.3 Å². The second kappa shape index (κ2) is 7.41. The highest BCUT2D eigenvalue weighted by atomic mass is 35.5. The molecule has 4 rings (SSSR count). The van der Waals surface area contributed by atoms with Crippen molar-refractivity contribution in [3.8, 4) is 0 Å². The summed E-state index contributed by atoms with van der Waals surface area (Å²) in [5.74, 6) is 0. The minimum absolute atomic E-state index is 0.00685. The van der Waals surface area contributed by atoms with E-state index in [0.717, 1.165) is 6.07 Å². The maximum atomic E-state index is 12.8. The van der Waals surface area contributed by atoms with Crippen molar-refractivity contribution < 1.29 is 22.9 Å². The van der Waals surface area contributed by atoms with Crippen LogP contribution in [-0.2, 0) is 9.84 Å². The molecule has 0 amide bonds. The zero-order chi connectivity index (χ0) is 22.3. The minimum Gasteiger partial charge on any atom is -0.399 e. The van der Waals surface area contributed by atoms with E-state index in [2.05, 4.69) is 15.1 Å². The van der Waals surface area contributed by atoms with Gasteiger partial charge in [0.1, 0.15) is 5.02 Å². The SMILES string of the molecule is Nc1ccc(S(=O)(=O)c2ccc(Nc3c([N+](=O)[O-])c(Cl)cc4c3no[n+]4[O-])cc2)cc1. The van der Waals surface area contributed by atoms with Crippen molar-refractivity contribution in [1.29, 1.82) is 0 Å². The lowest BCUT2D eigenvalue weighted by Gasteiger charge is -2.09. The van der Waals surface area contributed by atoms with Crippen molar-refractivity contribution in [2.75, 3.05) is 11.1 Å². The second-order valence-electron chi connectivity index (χ2n) is 6.36. The van der Waals surface area contributed by atoms with Crippen LogP contribution in [0, 0.1) is 15.3 Å². The Balaban J connectivity index is 1.73.